The molecule has 1 amide bonds. The highest BCUT2D eigenvalue weighted by atomic mass is 19.1. The molecule has 4 aliphatic rings. The second-order valence-electron chi connectivity index (χ2n) is 16.6. The van der Waals surface area contributed by atoms with Gasteiger partial charge in [0.1, 0.15) is 35.7 Å². The number of likely N-dealkylation sites (N-methyl/N-ethyl adjacent to an activating group) is 1. The molecule has 0 spiro atoms. The summed E-state index contributed by atoms with van der Waals surface area (Å²) in [5.74, 6) is -0.633. The highest BCUT2D eigenvalue weighted by Gasteiger charge is 2.65. The predicted octanol–water partition coefficient (Wildman–Crippen LogP) is 8.27. The Balaban J connectivity index is 1.38. The lowest BCUT2D eigenvalue weighted by atomic mass is 9.55. The molecule has 0 radical (unpaired) electrons. The number of rotatable bonds is 20. The van der Waals surface area contributed by atoms with E-state index in [4.69, 9.17) is 33.7 Å². The first-order valence-electron chi connectivity index (χ1n) is 21.9. The fraction of sp³-hybridized carbons (Fsp3) is 0.510. The van der Waals surface area contributed by atoms with Crippen molar-refractivity contribution in [3.05, 3.63) is 114 Å². The summed E-state index contributed by atoms with van der Waals surface area (Å²) in [5.41, 5.74) is 3.81. The second-order valence-corrected chi connectivity index (χ2v) is 16.6. The number of hydrogen-bond donors (Lipinski definition) is 2. The number of oxime groups is 1. The van der Waals surface area contributed by atoms with E-state index >= 15 is 0 Å². The number of allylic oxidation sites excluding steroid dienone is 1. The second kappa shape index (κ2) is 20.9. The van der Waals surface area contributed by atoms with Crippen LogP contribution < -0.4 is 14.2 Å². The highest BCUT2D eigenvalue weighted by molar-refractivity contribution is 6.03. The first-order valence-corrected chi connectivity index (χ1v) is 21.9. The number of amides is 1. The lowest BCUT2D eigenvalue weighted by Gasteiger charge is -2.59. The van der Waals surface area contributed by atoms with Crippen LogP contribution in [0.25, 0.3) is 0 Å². The summed E-state index contributed by atoms with van der Waals surface area (Å²) in [6.45, 7) is 4.99. The lowest BCUT2D eigenvalue weighted by Crippen LogP contribution is -2.69. The minimum Gasteiger partial charge on any atom is -0.497 e. The summed E-state index contributed by atoms with van der Waals surface area (Å²) in [6.07, 6.45) is 11.1. The quantitative estimate of drug-likeness (QED) is 0.0657. The van der Waals surface area contributed by atoms with E-state index in [0.29, 0.717) is 48.0 Å². The van der Waals surface area contributed by atoms with Gasteiger partial charge in [-0.25, -0.2) is 4.39 Å². The molecule has 1 saturated carbocycles. The highest BCUT2D eigenvalue weighted by Crippen LogP contribution is 2.62. The lowest BCUT2D eigenvalue weighted by molar-refractivity contribution is -0.255. The normalized spacial score (nSPS) is 26.0. The van der Waals surface area contributed by atoms with Crippen LogP contribution in [0.1, 0.15) is 86.8 Å². The molecule has 2 N–H and O–H groups in total. The Morgan fingerprint density at radius 2 is 1.84 bits per heavy atom. The van der Waals surface area contributed by atoms with Gasteiger partial charge in [-0.3, -0.25) is 4.79 Å². The zero-order valence-electron chi connectivity index (χ0n) is 35.5. The van der Waals surface area contributed by atoms with E-state index in [1.807, 2.05) is 42.5 Å². The Morgan fingerprint density at radius 1 is 1.02 bits per heavy atom. The zero-order valence-corrected chi connectivity index (χ0v) is 35.5. The fourth-order valence-electron chi connectivity index (χ4n) is 9.77. The van der Waals surface area contributed by atoms with Gasteiger partial charge in [0.2, 0.25) is 18.0 Å². The molecule has 7 atom stereocenters. The predicted molar refractivity (Wildman–Crippen MR) is 230 cm³/mol. The van der Waals surface area contributed by atoms with E-state index in [2.05, 4.69) is 12.7 Å². The number of benzene rings is 3. The van der Waals surface area contributed by atoms with Crippen LogP contribution in [0.2, 0.25) is 0 Å². The van der Waals surface area contributed by atoms with Crippen LogP contribution in [0.15, 0.2) is 96.2 Å². The summed E-state index contributed by atoms with van der Waals surface area (Å²) < 4.78 is 46.8. The maximum atomic E-state index is 14.7. The van der Waals surface area contributed by atoms with Crippen molar-refractivity contribution < 1.29 is 47.9 Å². The van der Waals surface area contributed by atoms with Crippen molar-refractivity contribution in [2.45, 2.75) is 101 Å². The fourth-order valence-corrected chi connectivity index (χ4v) is 9.77. The van der Waals surface area contributed by atoms with Crippen molar-refractivity contribution in [2.75, 3.05) is 40.6 Å². The van der Waals surface area contributed by atoms with Crippen molar-refractivity contribution in [3.63, 3.8) is 0 Å². The molecule has 61 heavy (non-hydrogen) atoms. The molecule has 0 aromatic heterocycles. The topological polar surface area (TPSA) is 129 Å². The number of ether oxygens (including phenoxy) is 5. The number of fused-ring (bicyclic) bond motifs is 2. The average Bonchev–Trinajstić information content (AvgIpc) is 3.28. The monoisotopic (exact) mass is 840 g/mol. The molecule has 7 unspecified atom stereocenters. The van der Waals surface area contributed by atoms with E-state index in [1.54, 1.807) is 43.3 Å². The maximum Gasteiger partial charge on any atom is 0.239 e. The largest absolute Gasteiger partial charge is 0.497 e. The first-order chi connectivity index (χ1) is 29.8. The number of carbonyl (C=O) groups excluding carboxylic acids is 1. The van der Waals surface area contributed by atoms with Crippen LogP contribution in [0.3, 0.4) is 0 Å². The molecule has 2 aliphatic carbocycles. The number of unbranched alkanes of at least 4 members (excludes halogenated alkanes) is 2. The van der Waals surface area contributed by atoms with Crippen LogP contribution >= 0.6 is 0 Å². The number of nitrogens with zero attached hydrogens (tertiary/aromatic N) is 2. The summed E-state index contributed by atoms with van der Waals surface area (Å²) >= 11 is 0. The molecule has 2 heterocycles. The van der Waals surface area contributed by atoms with Gasteiger partial charge in [-0.05, 0) is 97.9 Å². The summed E-state index contributed by atoms with van der Waals surface area (Å²) in [7, 11) is 3.41. The molecule has 1 saturated heterocycles. The van der Waals surface area contributed by atoms with Crippen molar-refractivity contribution in [3.8, 4) is 17.2 Å². The maximum absolute atomic E-state index is 14.7. The van der Waals surface area contributed by atoms with Gasteiger partial charge in [-0.1, -0.05) is 60.5 Å². The van der Waals surface area contributed by atoms with E-state index in [0.717, 1.165) is 61.6 Å². The Bertz CT molecular complexity index is 2020. The minimum absolute atomic E-state index is 0.0376. The Morgan fingerprint density at radius 3 is 2.59 bits per heavy atom. The molecule has 11 nitrogen and oxygen atoms in total. The zero-order chi connectivity index (χ0) is 42.8. The van der Waals surface area contributed by atoms with Gasteiger partial charge in [-0.2, -0.15) is 0 Å². The van der Waals surface area contributed by atoms with E-state index in [9.17, 15) is 19.4 Å². The van der Waals surface area contributed by atoms with E-state index in [-0.39, 0.29) is 68.7 Å². The third-order valence-corrected chi connectivity index (χ3v) is 12.8. The third kappa shape index (κ3) is 9.99. The number of halogens is 1. The SMILES string of the molecule is C=CCOC12Oc3ccc(OCc4ccccc4F)cc3C3C(CCCCO)C(CCCCO)C=C(C(=NOC4CCCCO4)CC1N(C)C(=O)Cc1cccc(OC)c1)C32. The van der Waals surface area contributed by atoms with Crippen LogP contribution in [0.5, 0.6) is 17.2 Å². The van der Waals surface area contributed by atoms with Crippen LogP contribution in [0, 0.1) is 23.6 Å². The van der Waals surface area contributed by atoms with Gasteiger partial charge < -0.3 is 43.6 Å². The van der Waals surface area contributed by atoms with E-state index in [1.165, 1.54) is 6.07 Å². The number of aliphatic hydroxyl groups is 2. The van der Waals surface area contributed by atoms with Gasteiger partial charge in [0, 0.05) is 50.1 Å². The number of aliphatic hydroxyl groups excluding tert-OH is 2. The average molecular weight is 841 g/mol. The van der Waals surface area contributed by atoms with Crippen molar-refractivity contribution in [2.24, 2.45) is 22.9 Å². The Labute approximate surface area is 359 Å². The smallest absolute Gasteiger partial charge is 0.239 e. The van der Waals surface area contributed by atoms with Gasteiger partial charge in [0.05, 0.1) is 38.4 Å². The summed E-state index contributed by atoms with van der Waals surface area (Å²) in [4.78, 5) is 22.5. The number of hydrogen-bond acceptors (Lipinski definition) is 10. The molecule has 2 aliphatic heterocycles. The Hall–Kier alpha value is -4.75. The molecule has 3 aromatic carbocycles. The number of carbonyl (C=O) groups is 1. The van der Waals surface area contributed by atoms with Crippen molar-refractivity contribution in [1.29, 1.82) is 0 Å². The summed E-state index contributed by atoms with van der Waals surface area (Å²) in [5, 5.41) is 24.7. The van der Waals surface area contributed by atoms with E-state index < -0.39 is 24.0 Å². The summed E-state index contributed by atoms with van der Waals surface area (Å²) in [6, 6.07) is 19.2. The van der Waals surface area contributed by atoms with Crippen molar-refractivity contribution >= 4 is 11.6 Å². The molecular formula is C49H61FN2O9. The van der Waals surface area contributed by atoms with Crippen LogP contribution in [-0.2, 0) is 32.1 Å². The molecule has 2 fully saturated rings. The Kier molecular flexibility index (Phi) is 15.2. The molecule has 328 valence electrons. The molecule has 3 aromatic rings. The molecule has 12 heteroatoms. The van der Waals surface area contributed by atoms with Gasteiger partial charge in [0.15, 0.2) is 0 Å². The van der Waals surface area contributed by atoms with Crippen LogP contribution in [0.4, 0.5) is 4.39 Å². The third-order valence-electron chi connectivity index (χ3n) is 12.8. The molecular weight excluding hydrogens is 780 g/mol. The van der Waals surface area contributed by atoms with Gasteiger partial charge in [0.25, 0.3) is 0 Å². The first kappa shape index (κ1) is 44.3. The van der Waals surface area contributed by atoms with Crippen molar-refractivity contribution in [1.82, 2.24) is 4.90 Å². The van der Waals surface area contributed by atoms with Crippen LogP contribution in [-0.4, -0.2) is 85.4 Å². The molecule has 0 bridgehead atoms. The number of methoxy groups -OCH3 is 1. The standard InChI is InChI=1S/C49H61FN2O9/c1-4-25-59-49-44(52(2)45(55)28-33-14-13-17-36(27-33)56-3)31-42(51-61-46-20-9-12-26-57-46)39-29-34(15-7-10-23-53)38(18-8-11-24-54)47(48(39)49)40-30-37(21-22-43(40)60-49)58-32-35-16-5-6-19-41(35)50/h4-6,13-14,16-17,19,21-22,27,29-30,34,38,44,46-48,53-54H,1,7-12,15,18,20,23-26,28,31-32H2,2-3H3. The molecule has 7 rings (SSSR count). The minimum atomic E-state index is -1.39. The van der Waals surface area contributed by atoms with Gasteiger partial charge in [-0.15, -0.1) is 6.58 Å². The van der Waals surface area contributed by atoms with Gasteiger partial charge >= 0.3 is 0 Å².